The number of anilines is 1. The fourth-order valence-corrected chi connectivity index (χ4v) is 3.56. The SMILES string of the molecule is Cc1ccc(NC(=O)c2cc(C)c(C)c(S(=O)(=O)N(C)C)c2)c(F)c1. The zero-order chi connectivity index (χ0) is 18.9. The molecule has 0 aromatic heterocycles. The molecule has 0 saturated heterocycles. The van der Waals surface area contributed by atoms with Gasteiger partial charge in [0.2, 0.25) is 10.0 Å². The first kappa shape index (κ1) is 19.1. The monoisotopic (exact) mass is 364 g/mol. The standard InChI is InChI=1S/C18H21FN2O3S/c1-11-6-7-16(15(19)8-11)20-18(22)14-9-12(2)13(3)17(10-14)25(23,24)21(4)5/h6-10H,1-5H3,(H,20,22). The second kappa shape index (κ2) is 6.93. The van der Waals surface area contributed by atoms with Crippen molar-refractivity contribution in [1.29, 1.82) is 0 Å². The van der Waals surface area contributed by atoms with Crippen molar-refractivity contribution in [1.82, 2.24) is 4.31 Å². The van der Waals surface area contributed by atoms with Crippen LogP contribution < -0.4 is 5.32 Å². The zero-order valence-electron chi connectivity index (χ0n) is 14.8. The normalized spacial score (nSPS) is 11.6. The van der Waals surface area contributed by atoms with Gasteiger partial charge in [0.05, 0.1) is 10.6 Å². The quantitative estimate of drug-likeness (QED) is 0.906. The first-order valence-electron chi connectivity index (χ1n) is 7.65. The fourth-order valence-electron chi connectivity index (χ4n) is 2.34. The molecular formula is C18H21FN2O3S. The molecular weight excluding hydrogens is 343 g/mol. The van der Waals surface area contributed by atoms with E-state index in [2.05, 4.69) is 5.32 Å². The average molecular weight is 364 g/mol. The number of nitrogens with one attached hydrogen (secondary N) is 1. The number of amides is 1. The van der Waals surface area contributed by atoms with Crippen LogP contribution in [0.1, 0.15) is 27.0 Å². The molecule has 1 N–H and O–H groups in total. The van der Waals surface area contributed by atoms with Gasteiger partial charge in [-0.05, 0) is 61.7 Å². The smallest absolute Gasteiger partial charge is 0.255 e. The molecule has 7 heteroatoms. The Morgan fingerprint density at radius 3 is 2.28 bits per heavy atom. The highest BCUT2D eigenvalue weighted by molar-refractivity contribution is 7.89. The van der Waals surface area contributed by atoms with Crippen LogP contribution in [0, 0.1) is 26.6 Å². The fraction of sp³-hybridized carbons (Fsp3) is 0.278. The van der Waals surface area contributed by atoms with Crippen LogP contribution in [0.2, 0.25) is 0 Å². The minimum atomic E-state index is -3.69. The molecule has 0 saturated carbocycles. The number of halogens is 1. The van der Waals surface area contributed by atoms with E-state index in [9.17, 15) is 17.6 Å². The van der Waals surface area contributed by atoms with Crippen LogP contribution in [0.25, 0.3) is 0 Å². The molecule has 0 bridgehead atoms. The van der Waals surface area contributed by atoms with Crippen LogP contribution in [0.3, 0.4) is 0 Å². The number of sulfonamides is 1. The summed E-state index contributed by atoms with van der Waals surface area (Å²) in [6.45, 7) is 5.16. The molecule has 2 aromatic rings. The van der Waals surface area contributed by atoms with E-state index < -0.39 is 21.7 Å². The lowest BCUT2D eigenvalue weighted by molar-refractivity contribution is 0.102. The van der Waals surface area contributed by atoms with Crippen molar-refractivity contribution in [2.45, 2.75) is 25.7 Å². The molecule has 25 heavy (non-hydrogen) atoms. The van der Waals surface area contributed by atoms with Crippen LogP contribution in [0.5, 0.6) is 0 Å². The van der Waals surface area contributed by atoms with E-state index in [4.69, 9.17) is 0 Å². The summed E-state index contributed by atoms with van der Waals surface area (Å²) in [5.41, 5.74) is 2.18. The van der Waals surface area contributed by atoms with E-state index in [-0.39, 0.29) is 16.1 Å². The van der Waals surface area contributed by atoms with Crippen molar-refractivity contribution in [3.8, 4) is 0 Å². The number of aryl methyl sites for hydroxylation is 2. The highest BCUT2D eigenvalue weighted by atomic mass is 32.2. The second-order valence-electron chi connectivity index (χ2n) is 6.14. The second-order valence-corrected chi connectivity index (χ2v) is 8.26. The Labute approximate surface area is 147 Å². The molecule has 0 aliphatic carbocycles. The lowest BCUT2D eigenvalue weighted by atomic mass is 10.1. The van der Waals surface area contributed by atoms with Crippen molar-refractivity contribution in [3.05, 3.63) is 58.4 Å². The summed E-state index contributed by atoms with van der Waals surface area (Å²) in [5, 5.41) is 2.49. The van der Waals surface area contributed by atoms with E-state index in [1.54, 1.807) is 32.9 Å². The summed E-state index contributed by atoms with van der Waals surface area (Å²) in [7, 11) is -0.835. The molecule has 0 unspecified atom stereocenters. The summed E-state index contributed by atoms with van der Waals surface area (Å²) in [6.07, 6.45) is 0. The van der Waals surface area contributed by atoms with Gasteiger partial charge in [-0.25, -0.2) is 17.1 Å². The van der Waals surface area contributed by atoms with Gasteiger partial charge in [-0.2, -0.15) is 0 Å². The number of nitrogens with zero attached hydrogens (tertiary/aromatic N) is 1. The number of benzene rings is 2. The molecule has 0 radical (unpaired) electrons. The summed E-state index contributed by atoms with van der Waals surface area (Å²) >= 11 is 0. The van der Waals surface area contributed by atoms with Gasteiger partial charge in [0.15, 0.2) is 0 Å². The van der Waals surface area contributed by atoms with E-state index in [1.165, 1.54) is 32.3 Å². The van der Waals surface area contributed by atoms with E-state index in [0.29, 0.717) is 11.1 Å². The summed E-state index contributed by atoms with van der Waals surface area (Å²) in [4.78, 5) is 12.5. The van der Waals surface area contributed by atoms with Crippen molar-refractivity contribution < 1.29 is 17.6 Å². The Kier molecular flexibility index (Phi) is 5.29. The maximum absolute atomic E-state index is 13.9. The molecule has 0 aliphatic rings. The Bertz CT molecular complexity index is 938. The number of carbonyl (C=O) groups excluding carboxylic acids is 1. The number of hydrogen-bond donors (Lipinski definition) is 1. The van der Waals surface area contributed by atoms with Crippen LogP contribution >= 0.6 is 0 Å². The first-order valence-corrected chi connectivity index (χ1v) is 9.09. The number of carbonyl (C=O) groups is 1. The maximum Gasteiger partial charge on any atom is 0.255 e. The molecule has 134 valence electrons. The van der Waals surface area contributed by atoms with E-state index in [1.807, 2.05) is 0 Å². The Morgan fingerprint density at radius 1 is 1.08 bits per heavy atom. The predicted molar refractivity (Wildman–Crippen MR) is 95.9 cm³/mol. The van der Waals surface area contributed by atoms with Crippen molar-refractivity contribution >= 4 is 21.6 Å². The van der Waals surface area contributed by atoms with Crippen LogP contribution in [0.15, 0.2) is 35.2 Å². The lowest BCUT2D eigenvalue weighted by Crippen LogP contribution is -2.24. The van der Waals surface area contributed by atoms with Crippen LogP contribution in [0.4, 0.5) is 10.1 Å². The molecule has 0 spiro atoms. The van der Waals surface area contributed by atoms with Gasteiger partial charge >= 0.3 is 0 Å². The van der Waals surface area contributed by atoms with E-state index in [0.717, 1.165) is 9.87 Å². The van der Waals surface area contributed by atoms with E-state index >= 15 is 0 Å². The predicted octanol–water partition coefficient (Wildman–Crippen LogP) is 3.25. The third kappa shape index (κ3) is 3.88. The molecule has 2 aromatic carbocycles. The highest BCUT2D eigenvalue weighted by Crippen LogP contribution is 2.24. The highest BCUT2D eigenvalue weighted by Gasteiger charge is 2.23. The Hall–Kier alpha value is -2.25. The lowest BCUT2D eigenvalue weighted by Gasteiger charge is -2.16. The van der Waals surface area contributed by atoms with Gasteiger partial charge in [0.1, 0.15) is 5.82 Å². The topological polar surface area (TPSA) is 66.5 Å². The maximum atomic E-state index is 13.9. The average Bonchev–Trinajstić information content (AvgIpc) is 2.52. The summed E-state index contributed by atoms with van der Waals surface area (Å²) in [5.74, 6) is -1.11. The first-order chi connectivity index (χ1) is 11.5. The Balaban J connectivity index is 2.46. The van der Waals surface area contributed by atoms with Gasteiger partial charge in [0.25, 0.3) is 5.91 Å². The van der Waals surface area contributed by atoms with Gasteiger partial charge in [0, 0.05) is 19.7 Å². The molecule has 0 heterocycles. The van der Waals surface area contributed by atoms with Crippen LogP contribution in [-0.2, 0) is 10.0 Å². The number of hydrogen-bond acceptors (Lipinski definition) is 3. The van der Waals surface area contributed by atoms with Gasteiger partial charge in [-0.3, -0.25) is 4.79 Å². The summed E-state index contributed by atoms with van der Waals surface area (Å²) in [6, 6.07) is 7.38. The van der Waals surface area contributed by atoms with Crippen molar-refractivity contribution in [3.63, 3.8) is 0 Å². The third-order valence-electron chi connectivity index (χ3n) is 4.01. The molecule has 0 atom stereocenters. The van der Waals surface area contributed by atoms with Gasteiger partial charge < -0.3 is 5.32 Å². The molecule has 1 amide bonds. The van der Waals surface area contributed by atoms with Gasteiger partial charge in [-0.1, -0.05) is 6.07 Å². The molecule has 0 fully saturated rings. The van der Waals surface area contributed by atoms with Gasteiger partial charge in [-0.15, -0.1) is 0 Å². The summed E-state index contributed by atoms with van der Waals surface area (Å²) < 4.78 is 39.9. The number of rotatable bonds is 4. The minimum Gasteiger partial charge on any atom is -0.319 e. The van der Waals surface area contributed by atoms with Crippen LogP contribution in [-0.4, -0.2) is 32.7 Å². The zero-order valence-corrected chi connectivity index (χ0v) is 15.7. The minimum absolute atomic E-state index is 0.0471. The largest absolute Gasteiger partial charge is 0.319 e. The Morgan fingerprint density at radius 2 is 1.72 bits per heavy atom. The van der Waals surface area contributed by atoms with Crippen molar-refractivity contribution in [2.75, 3.05) is 19.4 Å². The van der Waals surface area contributed by atoms with Crippen molar-refractivity contribution in [2.24, 2.45) is 0 Å². The third-order valence-corrected chi connectivity index (χ3v) is 5.95. The molecule has 0 aliphatic heterocycles. The molecule has 5 nitrogen and oxygen atoms in total. The molecule has 2 rings (SSSR count).